The number of carbonyl (C=O) groups excluding carboxylic acids is 2. The van der Waals surface area contributed by atoms with E-state index in [4.69, 9.17) is 10.8 Å². The normalized spacial score (nSPS) is 15.0. The molecule has 2 heterocycles. The SMILES string of the molecule is Nc1nc2c(c(=O)[nH]1)N(C=O)C(CNc1ccc(C(=O)NC(CCC(=O)O)C(=O)O)cc1)CN2.S. The van der Waals surface area contributed by atoms with Gasteiger partial charge in [0.2, 0.25) is 12.4 Å². The van der Waals surface area contributed by atoms with E-state index < -0.39 is 41.9 Å². The van der Waals surface area contributed by atoms with Gasteiger partial charge in [0.05, 0.1) is 6.04 Å². The van der Waals surface area contributed by atoms with Gasteiger partial charge in [0.15, 0.2) is 11.5 Å². The van der Waals surface area contributed by atoms with E-state index in [2.05, 4.69) is 25.9 Å². The molecule has 2 aromatic rings. The number of carboxylic acid groups (broad SMARTS) is 2. The molecule has 1 aliphatic heterocycles. The summed E-state index contributed by atoms with van der Waals surface area (Å²) in [6.07, 6.45) is -0.101. The van der Waals surface area contributed by atoms with E-state index in [1.807, 2.05) is 0 Å². The molecule has 3 rings (SSSR count). The fourth-order valence-corrected chi connectivity index (χ4v) is 3.39. The third-order valence-corrected chi connectivity index (χ3v) is 5.12. The van der Waals surface area contributed by atoms with Crippen LogP contribution in [0.4, 0.5) is 23.1 Å². The zero-order valence-electron chi connectivity index (χ0n) is 18.3. The lowest BCUT2D eigenvalue weighted by molar-refractivity contribution is -0.140. The maximum atomic E-state index is 12.3. The van der Waals surface area contributed by atoms with Crippen LogP contribution in [-0.4, -0.2) is 69.6 Å². The maximum absolute atomic E-state index is 12.3. The number of anilines is 4. The Kier molecular flexibility index (Phi) is 9.04. The predicted octanol–water partition coefficient (Wildman–Crippen LogP) is -0.618. The number of aromatic amines is 1. The second kappa shape index (κ2) is 11.7. The van der Waals surface area contributed by atoms with Crippen molar-refractivity contribution in [2.24, 2.45) is 0 Å². The molecule has 0 fully saturated rings. The molecule has 2 amide bonds. The fourth-order valence-electron chi connectivity index (χ4n) is 3.39. The number of nitrogens with one attached hydrogen (secondary N) is 4. The Labute approximate surface area is 205 Å². The summed E-state index contributed by atoms with van der Waals surface area (Å²) in [5, 5.41) is 26.3. The Morgan fingerprint density at radius 2 is 1.94 bits per heavy atom. The van der Waals surface area contributed by atoms with Crippen LogP contribution in [0.15, 0.2) is 29.1 Å². The van der Waals surface area contributed by atoms with Gasteiger partial charge in [-0.05, 0) is 30.7 Å². The van der Waals surface area contributed by atoms with Gasteiger partial charge in [-0.1, -0.05) is 0 Å². The third kappa shape index (κ3) is 6.63. The van der Waals surface area contributed by atoms with Gasteiger partial charge in [0.1, 0.15) is 6.04 Å². The first kappa shape index (κ1) is 27.0. The first-order valence-corrected chi connectivity index (χ1v) is 10.2. The quantitative estimate of drug-likeness (QED) is 0.201. The summed E-state index contributed by atoms with van der Waals surface area (Å²) in [6.45, 7) is 0.568. The van der Waals surface area contributed by atoms with E-state index in [1.54, 1.807) is 12.1 Å². The highest BCUT2D eigenvalue weighted by molar-refractivity contribution is 7.59. The topological polar surface area (TPSA) is 220 Å². The van der Waals surface area contributed by atoms with Crippen LogP contribution >= 0.6 is 13.5 Å². The van der Waals surface area contributed by atoms with Crippen LogP contribution in [0.3, 0.4) is 0 Å². The van der Waals surface area contributed by atoms with E-state index >= 15 is 0 Å². The minimum atomic E-state index is -1.33. The van der Waals surface area contributed by atoms with Gasteiger partial charge in [0.25, 0.3) is 11.5 Å². The Morgan fingerprint density at radius 3 is 2.54 bits per heavy atom. The van der Waals surface area contributed by atoms with Gasteiger partial charge in [0, 0.05) is 30.8 Å². The first-order chi connectivity index (χ1) is 16.2. The minimum absolute atomic E-state index is 0. The molecule has 188 valence electrons. The lowest BCUT2D eigenvalue weighted by Crippen LogP contribution is -2.50. The van der Waals surface area contributed by atoms with Crippen molar-refractivity contribution in [2.75, 3.05) is 34.4 Å². The van der Waals surface area contributed by atoms with Gasteiger partial charge in [-0.2, -0.15) is 18.5 Å². The lowest BCUT2D eigenvalue weighted by Gasteiger charge is -2.34. The number of hydrogen-bond acceptors (Lipinski definition) is 9. The number of rotatable bonds is 10. The number of nitrogens with zero attached hydrogens (tertiary/aromatic N) is 2. The highest BCUT2D eigenvalue weighted by atomic mass is 32.1. The van der Waals surface area contributed by atoms with E-state index in [0.717, 1.165) is 0 Å². The van der Waals surface area contributed by atoms with Crippen molar-refractivity contribution in [3.8, 4) is 0 Å². The summed E-state index contributed by atoms with van der Waals surface area (Å²) in [4.78, 5) is 65.7. The smallest absolute Gasteiger partial charge is 0.326 e. The number of benzene rings is 1. The van der Waals surface area contributed by atoms with Crippen LogP contribution in [0.2, 0.25) is 0 Å². The Balaban J connectivity index is 0.00000432. The summed E-state index contributed by atoms with van der Waals surface area (Å²) >= 11 is 0. The molecular formula is C20H25N7O7S. The molecule has 2 atom stereocenters. The van der Waals surface area contributed by atoms with Crippen LogP contribution in [-0.2, 0) is 14.4 Å². The summed E-state index contributed by atoms with van der Waals surface area (Å²) in [5.74, 6) is -3.00. The summed E-state index contributed by atoms with van der Waals surface area (Å²) in [5.41, 5.74) is 5.84. The predicted molar refractivity (Wildman–Crippen MR) is 131 cm³/mol. The second-order valence-corrected chi connectivity index (χ2v) is 7.45. The fraction of sp³-hybridized carbons (Fsp3) is 0.300. The molecule has 8 N–H and O–H groups in total. The number of nitrogens with two attached hydrogens (primary N) is 1. The molecule has 35 heavy (non-hydrogen) atoms. The highest BCUT2D eigenvalue weighted by Crippen LogP contribution is 2.25. The number of aromatic nitrogens is 2. The van der Waals surface area contributed by atoms with Crippen molar-refractivity contribution in [1.29, 1.82) is 0 Å². The zero-order valence-corrected chi connectivity index (χ0v) is 19.3. The van der Waals surface area contributed by atoms with Gasteiger partial charge in [-0.3, -0.25) is 24.2 Å². The largest absolute Gasteiger partial charge is 0.481 e. The number of aliphatic carboxylic acids is 2. The van der Waals surface area contributed by atoms with E-state index in [0.29, 0.717) is 18.6 Å². The molecule has 1 aromatic carbocycles. The maximum Gasteiger partial charge on any atom is 0.326 e. The van der Waals surface area contributed by atoms with Gasteiger partial charge < -0.3 is 36.8 Å². The average molecular weight is 508 g/mol. The molecule has 0 saturated heterocycles. The minimum Gasteiger partial charge on any atom is -0.481 e. The third-order valence-electron chi connectivity index (χ3n) is 5.12. The monoisotopic (exact) mass is 507 g/mol. The van der Waals surface area contributed by atoms with E-state index in [-0.39, 0.29) is 49.5 Å². The van der Waals surface area contributed by atoms with Crippen molar-refractivity contribution >= 4 is 60.9 Å². The molecule has 1 aliphatic rings. The number of fused-ring (bicyclic) bond motifs is 1. The van der Waals surface area contributed by atoms with Gasteiger partial charge in [-0.15, -0.1) is 0 Å². The van der Waals surface area contributed by atoms with Crippen molar-refractivity contribution < 1.29 is 29.4 Å². The molecule has 14 nitrogen and oxygen atoms in total. The molecule has 2 unspecified atom stereocenters. The summed E-state index contributed by atoms with van der Waals surface area (Å²) in [7, 11) is 0. The number of hydrogen-bond donors (Lipinski definition) is 7. The van der Waals surface area contributed by atoms with Crippen molar-refractivity contribution in [2.45, 2.75) is 24.9 Å². The van der Waals surface area contributed by atoms with Crippen molar-refractivity contribution in [3.05, 3.63) is 40.2 Å². The van der Waals surface area contributed by atoms with Crippen LogP contribution in [0.1, 0.15) is 23.2 Å². The second-order valence-electron chi connectivity index (χ2n) is 7.45. The Morgan fingerprint density at radius 1 is 1.26 bits per heavy atom. The molecule has 0 spiro atoms. The Hall–Kier alpha value is -4.27. The van der Waals surface area contributed by atoms with Crippen LogP contribution in [0, 0.1) is 0 Å². The molecule has 1 aromatic heterocycles. The number of nitrogen functional groups attached to an aromatic ring is 1. The van der Waals surface area contributed by atoms with Gasteiger partial charge >= 0.3 is 11.9 Å². The highest BCUT2D eigenvalue weighted by Gasteiger charge is 2.29. The molecule has 0 radical (unpaired) electrons. The van der Waals surface area contributed by atoms with Crippen molar-refractivity contribution in [1.82, 2.24) is 15.3 Å². The number of amides is 2. The van der Waals surface area contributed by atoms with Crippen LogP contribution < -0.4 is 32.1 Å². The van der Waals surface area contributed by atoms with Crippen LogP contribution in [0.5, 0.6) is 0 Å². The number of carboxylic acids is 2. The van der Waals surface area contributed by atoms with Crippen molar-refractivity contribution in [3.63, 3.8) is 0 Å². The summed E-state index contributed by atoms with van der Waals surface area (Å²) in [6, 6.07) is 4.36. The van der Waals surface area contributed by atoms with Gasteiger partial charge in [-0.25, -0.2) is 4.79 Å². The molecule has 15 heteroatoms. The van der Waals surface area contributed by atoms with E-state index in [9.17, 15) is 29.1 Å². The lowest BCUT2D eigenvalue weighted by atomic mass is 10.1. The first-order valence-electron chi connectivity index (χ1n) is 10.2. The number of H-pyrrole nitrogens is 1. The molecule has 0 aliphatic carbocycles. The van der Waals surface area contributed by atoms with E-state index in [1.165, 1.54) is 17.0 Å². The number of carbonyl (C=O) groups is 4. The average Bonchev–Trinajstić information content (AvgIpc) is 2.79. The summed E-state index contributed by atoms with van der Waals surface area (Å²) < 4.78 is 0. The molecule has 0 saturated carbocycles. The molecular weight excluding hydrogens is 482 g/mol. The standard InChI is InChI=1S/C20H23N7O7.H2S/c21-20-25-16-15(18(32)26-20)27(9-28)12(8-23-16)7-22-11-3-1-10(2-4-11)17(31)24-13(19(33)34)5-6-14(29)30;/h1-4,9,12-13,22H,5-8H2,(H,24,31)(H,29,30)(H,33,34)(H4,21,23,25,26,32);1H2. The molecule has 0 bridgehead atoms. The Bertz CT molecular complexity index is 1160. The van der Waals surface area contributed by atoms with Crippen LogP contribution in [0.25, 0.3) is 0 Å². The zero-order chi connectivity index (χ0) is 24.8.